The van der Waals surface area contributed by atoms with Crippen LogP contribution in [0.4, 0.5) is 0 Å². The van der Waals surface area contributed by atoms with Crippen LogP contribution in [0.1, 0.15) is 17.0 Å². The molecule has 1 amide bonds. The predicted octanol–water partition coefficient (Wildman–Crippen LogP) is 3.01. The highest BCUT2D eigenvalue weighted by atomic mass is 35.5. The predicted molar refractivity (Wildman–Crippen MR) is 105 cm³/mol. The third-order valence-electron chi connectivity index (χ3n) is 4.73. The van der Waals surface area contributed by atoms with E-state index in [0.717, 1.165) is 50.5 Å². The molecule has 26 heavy (non-hydrogen) atoms. The molecule has 1 saturated heterocycles. The van der Waals surface area contributed by atoms with Crippen molar-refractivity contribution in [2.45, 2.75) is 20.4 Å². The van der Waals surface area contributed by atoms with Crippen molar-refractivity contribution in [2.24, 2.45) is 0 Å². The first-order valence-corrected chi connectivity index (χ1v) is 9.35. The lowest BCUT2D eigenvalue weighted by Gasteiger charge is -2.34. The van der Waals surface area contributed by atoms with E-state index in [4.69, 9.17) is 11.6 Å². The molecule has 2 heterocycles. The minimum atomic E-state index is 0.0446. The van der Waals surface area contributed by atoms with Gasteiger partial charge in [0.1, 0.15) is 0 Å². The fourth-order valence-corrected chi connectivity index (χ4v) is 3.40. The van der Waals surface area contributed by atoms with Crippen LogP contribution < -0.4 is 0 Å². The fraction of sp³-hybridized carbons (Fsp3) is 0.400. The first-order valence-electron chi connectivity index (χ1n) is 8.98. The Labute approximate surface area is 159 Å². The molecule has 0 N–H and O–H groups in total. The summed E-state index contributed by atoms with van der Waals surface area (Å²) in [4.78, 5) is 16.7. The molecule has 0 unspecified atom stereocenters. The van der Waals surface area contributed by atoms with Gasteiger partial charge in [-0.15, -0.1) is 0 Å². The van der Waals surface area contributed by atoms with Gasteiger partial charge in [0.2, 0.25) is 5.91 Å². The summed E-state index contributed by atoms with van der Waals surface area (Å²) in [5, 5.41) is 5.16. The SMILES string of the molecule is Cc1cc(C)n(CCN2CCN(C(=O)/C=C/c3ccccc3Cl)CC2)n1. The normalized spacial score (nSPS) is 15.7. The summed E-state index contributed by atoms with van der Waals surface area (Å²) in [5.41, 5.74) is 3.12. The zero-order valence-corrected chi connectivity index (χ0v) is 16.1. The lowest BCUT2D eigenvalue weighted by Crippen LogP contribution is -2.48. The van der Waals surface area contributed by atoms with Gasteiger partial charge < -0.3 is 4.90 Å². The maximum absolute atomic E-state index is 12.4. The maximum Gasteiger partial charge on any atom is 0.246 e. The van der Waals surface area contributed by atoms with Crippen LogP contribution in [0, 0.1) is 13.8 Å². The number of nitrogens with zero attached hydrogens (tertiary/aromatic N) is 4. The van der Waals surface area contributed by atoms with E-state index in [0.29, 0.717) is 5.02 Å². The van der Waals surface area contributed by atoms with Gasteiger partial charge in [-0.1, -0.05) is 29.8 Å². The summed E-state index contributed by atoms with van der Waals surface area (Å²) >= 11 is 6.12. The number of piperazine rings is 1. The number of halogens is 1. The molecule has 1 aromatic carbocycles. The molecular formula is C20H25ClN4O. The number of hydrogen-bond donors (Lipinski definition) is 0. The number of benzene rings is 1. The molecule has 6 heteroatoms. The summed E-state index contributed by atoms with van der Waals surface area (Å²) in [6, 6.07) is 9.63. The molecule has 1 aliphatic rings. The van der Waals surface area contributed by atoms with Crippen molar-refractivity contribution >= 4 is 23.6 Å². The summed E-state index contributed by atoms with van der Waals surface area (Å²) in [7, 11) is 0. The average molecular weight is 373 g/mol. The molecule has 1 fully saturated rings. The highest BCUT2D eigenvalue weighted by molar-refractivity contribution is 6.32. The van der Waals surface area contributed by atoms with Crippen molar-refractivity contribution < 1.29 is 4.79 Å². The van der Waals surface area contributed by atoms with E-state index in [9.17, 15) is 4.79 Å². The summed E-state index contributed by atoms with van der Waals surface area (Å²) < 4.78 is 2.05. The lowest BCUT2D eigenvalue weighted by molar-refractivity contribution is -0.127. The van der Waals surface area contributed by atoms with Crippen LogP contribution in [-0.4, -0.2) is 58.2 Å². The molecular weight excluding hydrogens is 348 g/mol. The number of aromatic nitrogens is 2. The molecule has 0 radical (unpaired) electrons. The highest BCUT2D eigenvalue weighted by Crippen LogP contribution is 2.16. The lowest BCUT2D eigenvalue weighted by atomic mass is 10.2. The quantitative estimate of drug-likeness (QED) is 0.757. The Morgan fingerprint density at radius 1 is 1.15 bits per heavy atom. The molecule has 5 nitrogen and oxygen atoms in total. The number of hydrogen-bond acceptors (Lipinski definition) is 3. The molecule has 3 rings (SSSR count). The summed E-state index contributed by atoms with van der Waals surface area (Å²) in [6.07, 6.45) is 3.41. The van der Waals surface area contributed by atoms with Crippen molar-refractivity contribution in [1.29, 1.82) is 0 Å². The Bertz CT molecular complexity index is 791. The van der Waals surface area contributed by atoms with E-state index in [1.54, 1.807) is 12.2 Å². The van der Waals surface area contributed by atoms with Crippen molar-refractivity contribution in [2.75, 3.05) is 32.7 Å². The molecule has 0 aliphatic carbocycles. The second-order valence-electron chi connectivity index (χ2n) is 6.67. The van der Waals surface area contributed by atoms with Crippen LogP contribution >= 0.6 is 11.6 Å². The van der Waals surface area contributed by atoms with Gasteiger partial charge in [-0.2, -0.15) is 5.10 Å². The average Bonchev–Trinajstić information content (AvgIpc) is 2.97. The molecule has 138 valence electrons. The monoisotopic (exact) mass is 372 g/mol. The molecule has 1 aromatic heterocycles. The first kappa shape index (κ1) is 18.7. The number of aryl methyl sites for hydroxylation is 2. The number of carbonyl (C=O) groups is 1. The van der Waals surface area contributed by atoms with Gasteiger partial charge in [0.15, 0.2) is 0 Å². The Kier molecular flexibility index (Phi) is 6.12. The van der Waals surface area contributed by atoms with Gasteiger partial charge in [0.25, 0.3) is 0 Å². The summed E-state index contributed by atoms with van der Waals surface area (Å²) in [6.45, 7) is 9.24. The number of rotatable bonds is 5. The third-order valence-corrected chi connectivity index (χ3v) is 5.07. The van der Waals surface area contributed by atoms with Crippen molar-refractivity contribution in [3.63, 3.8) is 0 Å². The minimum Gasteiger partial charge on any atom is -0.337 e. The smallest absolute Gasteiger partial charge is 0.246 e. The van der Waals surface area contributed by atoms with E-state index in [-0.39, 0.29) is 5.91 Å². The number of carbonyl (C=O) groups excluding carboxylic acids is 1. The Morgan fingerprint density at radius 3 is 2.54 bits per heavy atom. The third kappa shape index (κ3) is 4.74. The van der Waals surface area contributed by atoms with E-state index >= 15 is 0 Å². The highest BCUT2D eigenvalue weighted by Gasteiger charge is 2.19. The Balaban J connectivity index is 1.46. The van der Waals surface area contributed by atoms with E-state index in [2.05, 4.69) is 27.7 Å². The van der Waals surface area contributed by atoms with Crippen molar-refractivity contribution in [1.82, 2.24) is 19.6 Å². The maximum atomic E-state index is 12.4. The Hall–Kier alpha value is -2.11. The van der Waals surface area contributed by atoms with E-state index in [1.807, 2.05) is 36.1 Å². The first-order chi connectivity index (χ1) is 12.5. The molecule has 0 saturated carbocycles. The Morgan fingerprint density at radius 2 is 1.88 bits per heavy atom. The van der Waals surface area contributed by atoms with Crippen LogP contribution in [0.2, 0.25) is 5.02 Å². The van der Waals surface area contributed by atoms with E-state index in [1.165, 1.54) is 5.69 Å². The molecule has 0 atom stereocenters. The molecule has 0 bridgehead atoms. The largest absolute Gasteiger partial charge is 0.337 e. The zero-order chi connectivity index (χ0) is 18.5. The van der Waals surface area contributed by atoms with Gasteiger partial charge in [0.05, 0.1) is 12.2 Å². The van der Waals surface area contributed by atoms with Crippen LogP contribution in [0.5, 0.6) is 0 Å². The second-order valence-corrected chi connectivity index (χ2v) is 7.08. The minimum absolute atomic E-state index is 0.0446. The van der Waals surface area contributed by atoms with Crippen LogP contribution in [-0.2, 0) is 11.3 Å². The van der Waals surface area contributed by atoms with E-state index < -0.39 is 0 Å². The van der Waals surface area contributed by atoms with Gasteiger partial charge in [0, 0.05) is 49.5 Å². The van der Waals surface area contributed by atoms with Crippen molar-refractivity contribution in [3.8, 4) is 0 Å². The second kappa shape index (κ2) is 8.52. The molecule has 1 aliphatic heterocycles. The number of amides is 1. The van der Waals surface area contributed by atoms with Crippen LogP contribution in [0.3, 0.4) is 0 Å². The summed E-state index contributed by atoms with van der Waals surface area (Å²) in [5.74, 6) is 0.0446. The molecule has 0 spiro atoms. The van der Waals surface area contributed by atoms with Crippen LogP contribution in [0.15, 0.2) is 36.4 Å². The standard InChI is InChI=1S/C20H25ClN4O/c1-16-15-17(2)25(22-16)14-11-23-9-12-24(13-10-23)20(26)8-7-18-5-3-4-6-19(18)21/h3-8,15H,9-14H2,1-2H3/b8-7+. The van der Waals surface area contributed by atoms with Crippen molar-refractivity contribution in [3.05, 3.63) is 58.4 Å². The fourth-order valence-electron chi connectivity index (χ4n) is 3.21. The van der Waals surface area contributed by atoms with Gasteiger partial charge >= 0.3 is 0 Å². The van der Waals surface area contributed by atoms with Gasteiger partial charge in [-0.25, -0.2) is 0 Å². The van der Waals surface area contributed by atoms with Gasteiger partial charge in [-0.3, -0.25) is 14.4 Å². The molecule has 2 aromatic rings. The van der Waals surface area contributed by atoms with Crippen LogP contribution in [0.25, 0.3) is 6.08 Å². The van der Waals surface area contributed by atoms with Gasteiger partial charge in [-0.05, 0) is 37.6 Å². The zero-order valence-electron chi connectivity index (χ0n) is 15.4. The topological polar surface area (TPSA) is 41.4 Å².